The second-order valence-electron chi connectivity index (χ2n) is 6.51. The van der Waals surface area contributed by atoms with E-state index >= 15 is 0 Å². The molecule has 0 spiro atoms. The first-order chi connectivity index (χ1) is 13.1. The van der Waals surface area contributed by atoms with Crippen LogP contribution < -0.4 is 0 Å². The molecule has 1 aliphatic heterocycles. The summed E-state index contributed by atoms with van der Waals surface area (Å²) in [6.45, 7) is 1.26. The molecule has 0 N–H and O–H groups in total. The standard InChI is InChI=1S/C20H17Cl2N3O2/c21-15-5-3-4-14(12-15)18-23-19(27-24-18)13-8-10-25(11-9-13)20(26)16-6-1-2-7-17(16)22/h1-7,12-13H,8-11H2. The Balaban J connectivity index is 1.43. The zero-order valence-corrected chi connectivity index (χ0v) is 16.0. The van der Waals surface area contributed by atoms with Gasteiger partial charge in [0, 0.05) is 29.6 Å². The quantitative estimate of drug-likeness (QED) is 0.614. The lowest BCUT2D eigenvalue weighted by Crippen LogP contribution is -2.38. The van der Waals surface area contributed by atoms with Crippen LogP contribution in [0.15, 0.2) is 53.1 Å². The summed E-state index contributed by atoms with van der Waals surface area (Å²) in [5.74, 6) is 1.24. The largest absolute Gasteiger partial charge is 0.339 e. The minimum absolute atomic E-state index is 0.0378. The van der Waals surface area contributed by atoms with E-state index in [0.717, 1.165) is 18.4 Å². The maximum atomic E-state index is 12.7. The smallest absolute Gasteiger partial charge is 0.255 e. The van der Waals surface area contributed by atoms with Crippen LogP contribution in [0.4, 0.5) is 0 Å². The number of carbonyl (C=O) groups is 1. The van der Waals surface area contributed by atoms with Crippen LogP contribution >= 0.6 is 23.2 Å². The number of amides is 1. The molecule has 1 saturated heterocycles. The Morgan fingerprint density at radius 3 is 2.59 bits per heavy atom. The molecule has 0 bridgehead atoms. The number of halogens is 2. The van der Waals surface area contributed by atoms with Crippen molar-refractivity contribution in [2.75, 3.05) is 13.1 Å². The molecule has 138 valence electrons. The van der Waals surface area contributed by atoms with Gasteiger partial charge in [-0.05, 0) is 37.1 Å². The number of hydrogen-bond donors (Lipinski definition) is 0. The maximum Gasteiger partial charge on any atom is 0.255 e. The lowest BCUT2D eigenvalue weighted by Gasteiger charge is -2.30. The summed E-state index contributed by atoms with van der Waals surface area (Å²) in [6, 6.07) is 14.5. The van der Waals surface area contributed by atoms with Crippen molar-refractivity contribution in [3.8, 4) is 11.4 Å². The average Bonchev–Trinajstić information content (AvgIpc) is 3.18. The molecular weight excluding hydrogens is 385 g/mol. The highest BCUT2D eigenvalue weighted by atomic mass is 35.5. The molecule has 1 amide bonds. The Morgan fingerprint density at radius 2 is 1.85 bits per heavy atom. The van der Waals surface area contributed by atoms with Crippen LogP contribution in [0, 0.1) is 0 Å². The summed E-state index contributed by atoms with van der Waals surface area (Å²) in [7, 11) is 0. The molecule has 2 aromatic carbocycles. The highest BCUT2D eigenvalue weighted by Crippen LogP contribution is 2.30. The van der Waals surface area contributed by atoms with Gasteiger partial charge in [-0.1, -0.05) is 52.6 Å². The lowest BCUT2D eigenvalue weighted by molar-refractivity contribution is 0.0704. The molecule has 7 heteroatoms. The number of aromatic nitrogens is 2. The number of benzene rings is 2. The summed E-state index contributed by atoms with van der Waals surface area (Å²) in [5.41, 5.74) is 1.36. The van der Waals surface area contributed by atoms with Gasteiger partial charge in [0.25, 0.3) is 5.91 Å². The van der Waals surface area contributed by atoms with Gasteiger partial charge in [-0.2, -0.15) is 4.98 Å². The van der Waals surface area contributed by atoms with E-state index < -0.39 is 0 Å². The number of likely N-dealkylation sites (tertiary alicyclic amines) is 1. The Hall–Kier alpha value is -2.37. The molecule has 1 aromatic heterocycles. The Morgan fingerprint density at radius 1 is 1.07 bits per heavy atom. The molecule has 2 heterocycles. The summed E-state index contributed by atoms with van der Waals surface area (Å²) in [5, 5.41) is 5.18. The monoisotopic (exact) mass is 401 g/mol. The van der Waals surface area contributed by atoms with Crippen molar-refractivity contribution in [3.63, 3.8) is 0 Å². The minimum Gasteiger partial charge on any atom is -0.339 e. The van der Waals surface area contributed by atoms with Crippen molar-refractivity contribution in [2.45, 2.75) is 18.8 Å². The second kappa shape index (κ2) is 7.71. The van der Waals surface area contributed by atoms with Crippen LogP contribution in [-0.2, 0) is 0 Å². The Kier molecular flexibility index (Phi) is 5.14. The molecule has 0 unspecified atom stereocenters. The van der Waals surface area contributed by atoms with Gasteiger partial charge in [-0.25, -0.2) is 0 Å². The fourth-order valence-corrected chi connectivity index (χ4v) is 3.69. The number of rotatable bonds is 3. The molecule has 5 nitrogen and oxygen atoms in total. The van der Waals surface area contributed by atoms with Crippen LogP contribution in [0.2, 0.25) is 10.0 Å². The van der Waals surface area contributed by atoms with Crippen LogP contribution in [0.1, 0.15) is 35.0 Å². The van der Waals surface area contributed by atoms with E-state index in [-0.39, 0.29) is 11.8 Å². The van der Waals surface area contributed by atoms with Gasteiger partial charge in [0.05, 0.1) is 10.6 Å². The third kappa shape index (κ3) is 3.84. The third-order valence-electron chi connectivity index (χ3n) is 4.76. The Bertz CT molecular complexity index is 965. The van der Waals surface area contributed by atoms with E-state index in [4.69, 9.17) is 27.7 Å². The molecule has 1 fully saturated rings. The highest BCUT2D eigenvalue weighted by Gasteiger charge is 2.28. The van der Waals surface area contributed by atoms with E-state index in [2.05, 4.69) is 10.1 Å². The predicted octanol–water partition coefficient (Wildman–Crippen LogP) is 5.06. The molecular formula is C20H17Cl2N3O2. The van der Waals surface area contributed by atoms with Crippen molar-refractivity contribution in [1.29, 1.82) is 0 Å². The van der Waals surface area contributed by atoms with Gasteiger partial charge >= 0.3 is 0 Å². The fourth-order valence-electron chi connectivity index (χ4n) is 3.28. The average molecular weight is 402 g/mol. The van der Waals surface area contributed by atoms with Crippen molar-refractivity contribution in [1.82, 2.24) is 15.0 Å². The van der Waals surface area contributed by atoms with Crippen LogP contribution in [-0.4, -0.2) is 34.0 Å². The maximum absolute atomic E-state index is 12.7. The van der Waals surface area contributed by atoms with Gasteiger partial charge in [0.2, 0.25) is 11.7 Å². The summed E-state index contributed by atoms with van der Waals surface area (Å²) < 4.78 is 5.47. The molecule has 3 aromatic rings. The number of hydrogen-bond acceptors (Lipinski definition) is 4. The van der Waals surface area contributed by atoms with Gasteiger partial charge < -0.3 is 9.42 Å². The summed E-state index contributed by atoms with van der Waals surface area (Å²) in [4.78, 5) is 19.0. The van der Waals surface area contributed by atoms with Crippen molar-refractivity contribution >= 4 is 29.1 Å². The molecule has 0 aliphatic carbocycles. The SMILES string of the molecule is O=C(c1ccccc1Cl)N1CCC(c2nc(-c3cccc(Cl)c3)no2)CC1. The van der Waals surface area contributed by atoms with Crippen molar-refractivity contribution in [3.05, 3.63) is 70.0 Å². The first-order valence-corrected chi connectivity index (χ1v) is 9.51. The predicted molar refractivity (Wildman–Crippen MR) is 104 cm³/mol. The molecule has 0 saturated carbocycles. The molecule has 27 heavy (non-hydrogen) atoms. The van der Waals surface area contributed by atoms with Crippen molar-refractivity contribution < 1.29 is 9.32 Å². The molecule has 0 radical (unpaired) electrons. The summed E-state index contributed by atoms with van der Waals surface area (Å²) in [6.07, 6.45) is 1.54. The van der Waals surface area contributed by atoms with Crippen LogP contribution in [0.5, 0.6) is 0 Å². The number of carbonyl (C=O) groups excluding carboxylic acids is 1. The van der Waals surface area contributed by atoms with Crippen molar-refractivity contribution in [2.24, 2.45) is 0 Å². The van der Waals surface area contributed by atoms with Crippen LogP contribution in [0.25, 0.3) is 11.4 Å². The zero-order chi connectivity index (χ0) is 18.8. The molecule has 0 atom stereocenters. The second-order valence-corrected chi connectivity index (χ2v) is 7.36. The topological polar surface area (TPSA) is 59.2 Å². The van der Waals surface area contributed by atoms with E-state index in [1.807, 2.05) is 29.2 Å². The number of piperidine rings is 1. The van der Waals surface area contributed by atoms with E-state index in [1.165, 1.54) is 0 Å². The Labute approximate surface area is 166 Å². The van der Waals surface area contributed by atoms with E-state index in [1.54, 1.807) is 24.3 Å². The molecule has 4 rings (SSSR count). The van der Waals surface area contributed by atoms with Gasteiger partial charge in [0.1, 0.15) is 0 Å². The van der Waals surface area contributed by atoms with Gasteiger partial charge in [-0.3, -0.25) is 4.79 Å². The van der Waals surface area contributed by atoms with Gasteiger partial charge in [0.15, 0.2) is 0 Å². The minimum atomic E-state index is -0.0378. The van der Waals surface area contributed by atoms with E-state index in [9.17, 15) is 4.79 Å². The lowest BCUT2D eigenvalue weighted by atomic mass is 9.96. The zero-order valence-electron chi connectivity index (χ0n) is 14.4. The summed E-state index contributed by atoms with van der Waals surface area (Å²) >= 11 is 12.2. The highest BCUT2D eigenvalue weighted by molar-refractivity contribution is 6.33. The first kappa shape index (κ1) is 18.0. The number of nitrogens with zero attached hydrogens (tertiary/aromatic N) is 3. The van der Waals surface area contributed by atoms with E-state index in [0.29, 0.717) is 40.4 Å². The normalized spacial score (nSPS) is 15.1. The third-order valence-corrected chi connectivity index (χ3v) is 5.32. The van der Waals surface area contributed by atoms with Gasteiger partial charge in [-0.15, -0.1) is 0 Å². The van der Waals surface area contributed by atoms with Crippen LogP contribution in [0.3, 0.4) is 0 Å². The first-order valence-electron chi connectivity index (χ1n) is 8.75. The fraction of sp³-hybridized carbons (Fsp3) is 0.250. The molecule has 1 aliphatic rings.